The highest BCUT2D eigenvalue weighted by Gasteiger charge is 2.28. The van der Waals surface area contributed by atoms with E-state index in [0.717, 1.165) is 43.9 Å². The molecular formula is C22H28N6O4S. The average molecular weight is 473 g/mol. The van der Waals surface area contributed by atoms with Gasteiger partial charge in [-0.05, 0) is 19.4 Å². The van der Waals surface area contributed by atoms with E-state index < -0.39 is 11.9 Å². The number of hydrogen-bond acceptors (Lipinski definition) is 10. The number of carboxylic acid groups (broad SMARTS) is 1. The molecule has 3 heterocycles. The van der Waals surface area contributed by atoms with Crippen molar-refractivity contribution in [3.05, 3.63) is 35.2 Å². The summed E-state index contributed by atoms with van der Waals surface area (Å²) in [5.74, 6) is -0.983. The molecule has 11 heteroatoms. The van der Waals surface area contributed by atoms with E-state index in [9.17, 15) is 9.90 Å². The molecule has 1 saturated heterocycles. The van der Waals surface area contributed by atoms with Gasteiger partial charge in [0.15, 0.2) is 16.6 Å². The number of aromatic nitrogens is 3. The number of carboxylic acids is 1. The van der Waals surface area contributed by atoms with Gasteiger partial charge in [-0.3, -0.25) is 4.79 Å². The highest BCUT2D eigenvalue weighted by atomic mass is 32.1. The number of nitrogens with zero attached hydrogens (tertiary/aromatic N) is 4. The van der Waals surface area contributed by atoms with Crippen molar-refractivity contribution in [3.8, 4) is 11.5 Å². The Kier molecular flexibility index (Phi) is 7.21. The molecule has 4 N–H and O–H groups in total. The topological polar surface area (TPSA) is 136 Å². The molecule has 2 atom stereocenters. The van der Waals surface area contributed by atoms with Gasteiger partial charge in [-0.1, -0.05) is 0 Å². The van der Waals surface area contributed by atoms with Crippen LogP contribution in [0.1, 0.15) is 29.8 Å². The molecule has 0 bridgehead atoms. The lowest BCUT2D eigenvalue weighted by atomic mass is 9.99. The number of thiazole rings is 1. The van der Waals surface area contributed by atoms with Crippen LogP contribution < -0.4 is 20.5 Å². The molecule has 33 heavy (non-hydrogen) atoms. The number of rotatable bonds is 9. The fourth-order valence-electron chi connectivity index (χ4n) is 4.08. The van der Waals surface area contributed by atoms with E-state index >= 15 is 0 Å². The summed E-state index contributed by atoms with van der Waals surface area (Å²) < 4.78 is 11.6. The van der Waals surface area contributed by atoms with Crippen LogP contribution in [0.5, 0.6) is 11.5 Å². The maximum absolute atomic E-state index is 12.1. The predicted octanol–water partition coefficient (Wildman–Crippen LogP) is 1.96. The lowest BCUT2D eigenvalue weighted by Crippen LogP contribution is -2.49. The summed E-state index contributed by atoms with van der Waals surface area (Å²) in [6, 6.07) is 4.01. The van der Waals surface area contributed by atoms with Gasteiger partial charge >= 0.3 is 5.97 Å². The monoisotopic (exact) mass is 472 g/mol. The van der Waals surface area contributed by atoms with Crippen LogP contribution >= 0.6 is 11.3 Å². The van der Waals surface area contributed by atoms with Gasteiger partial charge in [0.05, 0.1) is 24.9 Å². The predicted molar refractivity (Wildman–Crippen MR) is 126 cm³/mol. The van der Waals surface area contributed by atoms with E-state index in [4.69, 9.17) is 15.2 Å². The summed E-state index contributed by atoms with van der Waals surface area (Å²) in [7, 11) is 1.55. The minimum absolute atomic E-state index is 0.304. The summed E-state index contributed by atoms with van der Waals surface area (Å²) in [5.41, 5.74) is 6.66. The zero-order valence-corrected chi connectivity index (χ0v) is 19.5. The Morgan fingerprint density at radius 2 is 2.21 bits per heavy atom. The minimum Gasteiger partial charge on any atom is -0.493 e. The number of methoxy groups -OCH3 is 1. The summed E-state index contributed by atoms with van der Waals surface area (Å²) in [4.78, 5) is 27.7. The molecule has 3 aromatic rings. The Hall–Kier alpha value is -3.02. The van der Waals surface area contributed by atoms with Gasteiger partial charge < -0.3 is 30.5 Å². The molecule has 1 aliphatic heterocycles. The molecule has 2 unspecified atom stereocenters. The summed E-state index contributed by atoms with van der Waals surface area (Å²) in [5, 5.41) is 14.2. The Labute approximate surface area is 195 Å². The van der Waals surface area contributed by atoms with Crippen LogP contribution in [0.4, 0.5) is 5.13 Å². The first-order chi connectivity index (χ1) is 16.0. The quantitative estimate of drug-likeness (QED) is 0.396. The summed E-state index contributed by atoms with van der Waals surface area (Å²) in [6.07, 6.45) is 3.72. The molecule has 2 aromatic heterocycles. The van der Waals surface area contributed by atoms with E-state index in [2.05, 4.69) is 32.1 Å². The number of benzene rings is 1. The van der Waals surface area contributed by atoms with Crippen molar-refractivity contribution in [2.75, 3.05) is 45.6 Å². The highest BCUT2D eigenvalue weighted by molar-refractivity contribution is 7.15. The molecule has 1 fully saturated rings. The maximum Gasteiger partial charge on any atom is 0.318 e. The molecular weight excluding hydrogens is 444 g/mol. The lowest BCUT2D eigenvalue weighted by molar-refractivity contribution is -0.137. The van der Waals surface area contributed by atoms with Crippen LogP contribution in [-0.4, -0.2) is 76.9 Å². The zero-order chi connectivity index (χ0) is 23.4. The number of nitrogens with two attached hydrogens (primary N) is 1. The number of ether oxygens (including phenoxy) is 2. The van der Waals surface area contributed by atoms with Crippen LogP contribution in [0.3, 0.4) is 0 Å². The molecule has 10 nitrogen and oxygen atoms in total. The van der Waals surface area contributed by atoms with Gasteiger partial charge in [0.1, 0.15) is 12.2 Å². The summed E-state index contributed by atoms with van der Waals surface area (Å²) >= 11 is 1.13. The average Bonchev–Trinajstić information content (AvgIpc) is 3.21. The third-order valence-electron chi connectivity index (χ3n) is 5.63. The normalized spacial score (nSPS) is 17.7. The van der Waals surface area contributed by atoms with Gasteiger partial charge in [0.25, 0.3) is 0 Å². The highest BCUT2D eigenvalue weighted by Crippen LogP contribution is 2.37. The first kappa shape index (κ1) is 23.1. The zero-order valence-electron chi connectivity index (χ0n) is 18.7. The molecule has 1 aromatic carbocycles. The fourth-order valence-corrected chi connectivity index (χ4v) is 4.86. The largest absolute Gasteiger partial charge is 0.493 e. The van der Waals surface area contributed by atoms with Crippen LogP contribution in [0, 0.1) is 0 Å². The van der Waals surface area contributed by atoms with Gasteiger partial charge in [-0.15, -0.1) is 11.3 Å². The van der Waals surface area contributed by atoms with Crippen molar-refractivity contribution in [3.63, 3.8) is 0 Å². The number of aliphatic carboxylic acids is 1. The van der Waals surface area contributed by atoms with Gasteiger partial charge in [-0.25, -0.2) is 15.0 Å². The minimum atomic E-state index is -1.04. The second kappa shape index (κ2) is 10.3. The van der Waals surface area contributed by atoms with Crippen molar-refractivity contribution in [2.24, 2.45) is 0 Å². The number of hydrogen-bond donors (Lipinski definition) is 3. The molecule has 4 rings (SSSR count). The van der Waals surface area contributed by atoms with Crippen molar-refractivity contribution >= 4 is 33.3 Å². The van der Waals surface area contributed by atoms with Crippen LogP contribution in [-0.2, 0) is 4.79 Å². The second-order valence-corrected chi connectivity index (χ2v) is 9.10. The number of nitrogen functional groups attached to an aromatic ring is 1. The van der Waals surface area contributed by atoms with Gasteiger partial charge in [0, 0.05) is 54.7 Å². The summed E-state index contributed by atoms with van der Waals surface area (Å²) in [6.45, 7) is 6.78. The Bertz CT molecular complexity index is 1120. The van der Waals surface area contributed by atoms with Gasteiger partial charge in [0.2, 0.25) is 0 Å². The smallest absolute Gasteiger partial charge is 0.318 e. The van der Waals surface area contributed by atoms with E-state index in [1.54, 1.807) is 19.2 Å². The van der Waals surface area contributed by atoms with Gasteiger partial charge in [-0.2, -0.15) is 0 Å². The molecule has 1 aliphatic rings. The first-order valence-electron chi connectivity index (χ1n) is 10.8. The van der Waals surface area contributed by atoms with E-state index in [-0.39, 0.29) is 0 Å². The number of piperazine rings is 1. The van der Waals surface area contributed by atoms with Crippen molar-refractivity contribution < 1.29 is 19.4 Å². The van der Waals surface area contributed by atoms with Crippen molar-refractivity contribution in [1.29, 1.82) is 0 Å². The number of nitrogens with one attached hydrogen (secondary N) is 1. The number of anilines is 1. The van der Waals surface area contributed by atoms with E-state index in [1.165, 1.54) is 12.5 Å². The molecule has 0 aliphatic carbocycles. The first-order valence-corrected chi connectivity index (χ1v) is 11.6. The Balaban J connectivity index is 1.54. The lowest BCUT2D eigenvalue weighted by Gasteiger charge is -2.31. The maximum atomic E-state index is 12.1. The number of fused-ring (bicyclic) bond motifs is 1. The fraction of sp³-hybridized carbons (Fsp3) is 0.455. The van der Waals surface area contributed by atoms with Crippen LogP contribution in [0.2, 0.25) is 0 Å². The number of carbonyl (C=O) groups is 1. The van der Waals surface area contributed by atoms with E-state index in [1.807, 2.05) is 0 Å². The standard InChI is InChI=1S/C22H28N6O4S/c1-13-11-28(6-4-24-13)5-3-7-32-17-9-15-14(8-16(17)31-2)20(27-12-26-15)19(21(29)30)18-10-25-22(23)33-18/h8-10,12-13,19,24H,3-7,11H2,1-2H3,(H2,23,25)(H,29,30). The SMILES string of the molecule is COc1cc2c(C(C(=O)O)c3cnc(N)s3)ncnc2cc1OCCCN1CCNC(C)C1. The second-order valence-electron chi connectivity index (χ2n) is 8.01. The Morgan fingerprint density at radius 1 is 1.36 bits per heavy atom. The third kappa shape index (κ3) is 5.32. The molecule has 176 valence electrons. The van der Waals surface area contributed by atoms with Crippen LogP contribution in [0.15, 0.2) is 24.7 Å². The molecule has 0 saturated carbocycles. The van der Waals surface area contributed by atoms with Crippen molar-refractivity contribution in [2.45, 2.75) is 25.3 Å². The Morgan fingerprint density at radius 3 is 2.91 bits per heavy atom. The third-order valence-corrected chi connectivity index (χ3v) is 6.52. The van der Waals surface area contributed by atoms with Crippen molar-refractivity contribution in [1.82, 2.24) is 25.2 Å². The molecule has 0 spiro atoms. The van der Waals surface area contributed by atoms with Crippen LogP contribution in [0.25, 0.3) is 10.9 Å². The molecule has 0 radical (unpaired) electrons. The molecule has 0 amide bonds. The van der Waals surface area contributed by atoms with E-state index in [0.29, 0.717) is 50.8 Å².